The van der Waals surface area contributed by atoms with Crippen molar-refractivity contribution < 1.29 is 27.1 Å². The Balaban J connectivity index is 1.62. The van der Waals surface area contributed by atoms with E-state index in [1.54, 1.807) is 19.1 Å². The lowest BCUT2D eigenvalue weighted by atomic mass is 10.1. The van der Waals surface area contributed by atoms with Gasteiger partial charge in [-0.3, -0.25) is 9.59 Å². The summed E-state index contributed by atoms with van der Waals surface area (Å²) in [4.78, 5) is 24.8. The standard InChI is InChI=1S/C23H28FN3O5S/c1-3-17-6-7-19(15-21(17)33(30,31)27-10-12-32-13-11-27)23(29)26-9-8-25-22(28)18-5-4-16(2)20(24)14-18/h4-7,14-15H,3,8-13H2,1-2H3,(H,25,28)(H,26,29). The molecule has 0 radical (unpaired) electrons. The molecule has 0 aliphatic carbocycles. The van der Waals surface area contributed by atoms with Crippen molar-refractivity contribution in [2.24, 2.45) is 0 Å². The number of nitrogens with one attached hydrogen (secondary N) is 2. The maximum absolute atomic E-state index is 13.6. The van der Waals surface area contributed by atoms with Gasteiger partial charge in [0, 0.05) is 37.3 Å². The van der Waals surface area contributed by atoms with Gasteiger partial charge in [-0.2, -0.15) is 4.31 Å². The molecule has 1 heterocycles. The molecule has 0 spiro atoms. The molecule has 0 bridgehead atoms. The third-order valence-corrected chi connectivity index (χ3v) is 7.41. The van der Waals surface area contributed by atoms with Crippen molar-refractivity contribution in [3.8, 4) is 0 Å². The summed E-state index contributed by atoms with van der Waals surface area (Å²) in [6.07, 6.45) is 0.506. The van der Waals surface area contributed by atoms with E-state index in [1.807, 2.05) is 6.92 Å². The number of aryl methyl sites for hydroxylation is 2. The van der Waals surface area contributed by atoms with Crippen LogP contribution in [0.25, 0.3) is 0 Å². The van der Waals surface area contributed by atoms with Gasteiger partial charge >= 0.3 is 0 Å². The second-order valence-electron chi connectivity index (χ2n) is 7.67. The number of hydrogen-bond donors (Lipinski definition) is 2. The molecular weight excluding hydrogens is 449 g/mol. The van der Waals surface area contributed by atoms with Crippen molar-refractivity contribution in [3.63, 3.8) is 0 Å². The van der Waals surface area contributed by atoms with E-state index < -0.39 is 27.7 Å². The summed E-state index contributed by atoms with van der Waals surface area (Å²) < 4.78 is 46.5. The Hall–Kier alpha value is -2.82. The Morgan fingerprint density at radius 1 is 1.00 bits per heavy atom. The smallest absolute Gasteiger partial charge is 0.251 e. The van der Waals surface area contributed by atoms with Crippen molar-refractivity contribution in [3.05, 3.63) is 64.5 Å². The Bertz CT molecular complexity index is 1130. The van der Waals surface area contributed by atoms with E-state index in [1.165, 1.54) is 22.5 Å². The zero-order valence-electron chi connectivity index (χ0n) is 18.7. The molecule has 178 valence electrons. The van der Waals surface area contributed by atoms with Gasteiger partial charge in [0.2, 0.25) is 10.0 Å². The number of sulfonamides is 1. The average Bonchev–Trinajstić information content (AvgIpc) is 2.83. The second kappa shape index (κ2) is 10.9. The Morgan fingerprint density at radius 2 is 1.58 bits per heavy atom. The van der Waals surface area contributed by atoms with Crippen LogP contribution in [0.2, 0.25) is 0 Å². The number of morpholine rings is 1. The molecule has 1 saturated heterocycles. The molecule has 1 fully saturated rings. The highest BCUT2D eigenvalue weighted by molar-refractivity contribution is 7.89. The molecule has 0 aromatic heterocycles. The second-order valence-corrected chi connectivity index (χ2v) is 9.57. The summed E-state index contributed by atoms with van der Waals surface area (Å²) in [5.41, 5.74) is 1.49. The molecule has 2 N–H and O–H groups in total. The average molecular weight is 478 g/mol. The highest BCUT2D eigenvalue weighted by Gasteiger charge is 2.29. The lowest BCUT2D eigenvalue weighted by Crippen LogP contribution is -2.41. The maximum Gasteiger partial charge on any atom is 0.251 e. The van der Waals surface area contributed by atoms with Gasteiger partial charge in [0.25, 0.3) is 11.8 Å². The number of halogens is 1. The van der Waals surface area contributed by atoms with E-state index in [2.05, 4.69) is 10.6 Å². The van der Waals surface area contributed by atoms with Gasteiger partial charge in [0.05, 0.1) is 18.1 Å². The summed E-state index contributed by atoms with van der Waals surface area (Å²) in [5.74, 6) is -1.37. The fourth-order valence-electron chi connectivity index (χ4n) is 3.44. The first-order valence-corrected chi connectivity index (χ1v) is 12.2. The van der Waals surface area contributed by atoms with E-state index in [-0.39, 0.29) is 42.2 Å². The molecule has 33 heavy (non-hydrogen) atoms. The third kappa shape index (κ3) is 5.95. The fourth-order valence-corrected chi connectivity index (χ4v) is 5.17. The number of rotatable bonds is 8. The van der Waals surface area contributed by atoms with E-state index in [4.69, 9.17) is 4.74 Å². The number of benzene rings is 2. The molecular formula is C23H28FN3O5S. The van der Waals surface area contributed by atoms with E-state index in [9.17, 15) is 22.4 Å². The first kappa shape index (κ1) is 24.8. The maximum atomic E-state index is 13.6. The molecule has 2 aromatic carbocycles. The highest BCUT2D eigenvalue weighted by atomic mass is 32.2. The largest absolute Gasteiger partial charge is 0.379 e. The molecule has 1 aliphatic rings. The van der Waals surface area contributed by atoms with Gasteiger partial charge < -0.3 is 15.4 Å². The Morgan fingerprint density at radius 3 is 2.15 bits per heavy atom. The van der Waals surface area contributed by atoms with E-state index in [0.717, 1.165) is 6.07 Å². The number of ether oxygens (including phenoxy) is 1. The van der Waals surface area contributed by atoms with Gasteiger partial charge in [0.15, 0.2) is 0 Å². The van der Waals surface area contributed by atoms with Gasteiger partial charge in [0.1, 0.15) is 5.82 Å². The third-order valence-electron chi connectivity index (χ3n) is 5.43. The zero-order valence-corrected chi connectivity index (χ0v) is 19.5. The van der Waals surface area contributed by atoms with Crippen molar-refractivity contribution in [2.45, 2.75) is 25.2 Å². The van der Waals surface area contributed by atoms with Crippen LogP contribution in [0.1, 0.15) is 38.8 Å². The summed E-state index contributed by atoms with van der Waals surface area (Å²) in [6.45, 7) is 4.93. The molecule has 1 aliphatic heterocycles. The minimum atomic E-state index is -3.75. The van der Waals surface area contributed by atoms with Gasteiger partial charge in [-0.05, 0) is 48.7 Å². The molecule has 2 amide bonds. The highest BCUT2D eigenvalue weighted by Crippen LogP contribution is 2.23. The number of nitrogens with zero attached hydrogens (tertiary/aromatic N) is 1. The predicted molar refractivity (Wildman–Crippen MR) is 121 cm³/mol. The lowest BCUT2D eigenvalue weighted by molar-refractivity contribution is 0.0730. The van der Waals surface area contributed by atoms with Crippen LogP contribution in [-0.2, 0) is 21.2 Å². The Kier molecular flexibility index (Phi) is 8.17. The van der Waals surface area contributed by atoms with Gasteiger partial charge in [-0.15, -0.1) is 0 Å². The molecule has 8 nitrogen and oxygen atoms in total. The quantitative estimate of drug-likeness (QED) is 0.565. The molecule has 10 heteroatoms. The molecule has 0 atom stereocenters. The van der Waals surface area contributed by atoms with Crippen molar-refractivity contribution in [1.82, 2.24) is 14.9 Å². The van der Waals surface area contributed by atoms with Crippen molar-refractivity contribution in [2.75, 3.05) is 39.4 Å². The molecule has 0 saturated carbocycles. The molecule has 0 unspecified atom stereocenters. The minimum Gasteiger partial charge on any atom is -0.379 e. The van der Waals surface area contributed by atoms with Crippen molar-refractivity contribution >= 4 is 21.8 Å². The number of carbonyl (C=O) groups is 2. The van der Waals surface area contributed by atoms with Crippen LogP contribution in [0.4, 0.5) is 4.39 Å². The van der Waals surface area contributed by atoms with Crippen LogP contribution < -0.4 is 10.6 Å². The summed E-state index contributed by atoms with van der Waals surface area (Å²) in [5, 5.41) is 5.28. The fraction of sp³-hybridized carbons (Fsp3) is 0.391. The van der Waals surface area contributed by atoms with E-state index >= 15 is 0 Å². The van der Waals surface area contributed by atoms with Crippen LogP contribution >= 0.6 is 0 Å². The Labute approximate surface area is 193 Å². The van der Waals surface area contributed by atoms with Crippen LogP contribution in [0.3, 0.4) is 0 Å². The van der Waals surface area contributed by atoms with Gasteiger partial charge in [-0.1, -0.05) is 19.1 Å². The number of amides is 2. The van der Waals surface area contributed by atoms with Crippen molar-refractivity contribution in [1.29, 1.82) is 0 Å². The minimum absolute atomic E-state index is 0.120. The topological polar surface area (TPSA) is 105 Å². The summed E-state index contributed by atoms with van der Waals surface area (Å²) >= 11 is 0. The monoisotopic (exact) mass is 477 g/mol. The van der Waals surface area contributed by atoms with Crippen LogP contribution in [0.5, 0.6) is 0 Å². The SMILES string of the molecule is CCc1ccc(C(=O)NCCNC(=O)c2ccc(C)c(F)c2)cc1S(=O)(=O)N1CCOCC1. The molecule has 2 aromatic rings. The van der Waals surface area contributed by atoms with Crippen LogP contribution in [-0.4, -0.2) is 63.9 Å². The van der Waals surface area contributed by atoms with E-state index in [0.29, 0.717) is 30.8 Å². The number of hydrogen-bond acceptors (Lipinski definition) is 5. The lowest BCUT2D eigenvalue weighted by Gasteiger charge is -2.27. The number of carbonyl (C=O) groups excluding carboxylic acids is 2. The first-order chi connectivity index (χ1) is 15.7. The normalized spacial score (nSPS) is 14.6. The zero-order chi connectivity index (χ0) is 24.0. The first-order valence-electron chi connectivity index (χ1n) is 10.8. The van der Waals surface area contributed by atoms with Crippen LogP contribution in [0, 0.1) is 12.7 Å². The van der Waals surface area contributed by atoms with Crippen LogP contribution in [0.15, 0.2) is 41.3 Å². The predicted octanol–water partition coefficient (Wildman–Crippen LogP) is 1.88. The summed E-state index contributed by atoms with van der Waals surface area (Å²) in [7, 11) is -3.75. The van der Waals surface area contributed by atoms with Gasteiger partial charge in [-0.25, -0.2) is 12.8 Å². The molecule has 3 rings (SSSR count). The summed E-state index contributed by atoms with van der Waals surface area (Å²) in [6, 6.07) is 8.84.